The van der Waals surface area contributed by atoms with Crippen LogP contribution in [-0.2, 0) is 6.18 Å². The molecule has 0 aliphatic carbocycles. The maximum absolute atomic E-state index is 12.7. The number of carboxylic acid groups (broad SMARTS) is 1. The maximum Gasteiger partial charge on any atom is 0.416 e. The fraction of sp³-hybridized carbons (Fsp3) is 0.118. The molecule has 3 aromatic rings. The van der Waals surface area contributed by atoms with Crippen LogP contribution in [0.4, 0.5) is 13.2 Å². The van der Waals surface area contributed by atoms with E-state index in [1.165, 1.54) is 36.2 Å². The summed E-state index contributed by atoms with van der Waals surface area (Å²) in [5.74, 6) is -0.895. The summed E-state index contributed by atoms with van der Waals surface area (Å²) in [6.45, 7) is 0. The van der Waals surface area contributed by atoms with E-state index in [2.05, 4.69) is 10.1 Å². The first kappa shape index (κ1) is 17.5. The van der Waals surface area contributed by atoms with Gasteiger partial charge >= 0.3 is 12.1 Å². The molecule has 0 atom stereocenters. The fourth-order valence-corrected chi connectivity index (χ4v) is 2.34. The minimum absolute atomic E-state index is 0.240. The molecule has 0 amide bonds. The van der Waals surface area contributed by atoms with Gasteiger partial charge < -0.3 is 9.84 Å². The van der Waals surface area contributed by atoms with Gasteiger partial charge in [-0.15, -0.1) is 0 Å². The lowest BCUT2D eigenvalue weighted by molar-refractivity contribution is -0.137. The van der Waals surface area contributed by atoms with Crippen LogP contribution in [0, 0.1) is 0 Å². The van der Waals surface area contributed by atoms with Gasteiger partial charge in [-0.1, -0.05) is 12.1 Å². The number of benzene rings is 1. The highest BCUT2D eigenvalue weighted by Gasteiger charge is 2.30. The minimum Gasteiger partial charge on any atom is -0.481 e. The monoisotopic (exact) mass is 363 g/mol. The van der Waals surface area contributed by atoms with Gasteiger partial charge in [-0.05, 0) is 24.3 Å². The molecule has 0 bridgehead atoms. The first-order valence-corrected chi connectivity index (χ1v) is 7.31. The first-order valence-electron chi connectivity index (χ1n) is 7.31. The number of aromatic carboxylic acids is 1. The van der Waals surface area contributed by atoms with E-state index in [-0.39, 0.29) is 5.69 Å². The number of hydrogen-bond donors (Lipinski definition) is 1. The average molecular weight is 363 g/mol. The van der Waals surface area contributed by atoms with Crippen LogP contribution in [0.5, 0.6) is 5.88 Å². The predicted molar refractivity (Wildman–Crippen MR) is 85.3 cm³/mol. The van der Waals surface area contributed by atoms with Crippen molar-refractivity contribution in [1.82, 2.24) is 14.8 Å². The van der Waals surface area contributed by atoms with Gasteiger partial charge in [0.1, 0.15) is 0 Å². The number of aromatic nitrogens is 3. The summed E-state index contributed by atoms with van der Waals surface area (Å²) in [6, 6.07) is 8.85. The number of ether oxygens (including phenoxy) is 1. The lowest BCUT2D eigenvalue weighted by Gasteiger charge is -2.10. The molecular weight excluding hydrogens is 351 g/mol. The van der Waals surface area contributed by atoms with E-state index in [0.717, 1.165) is 12.1 Å². The zero-order chi connectivity index (χ0) is 18.9. The molecule has 6 nitrogen and oxygen atoms in total. The van der Waals surface area contributed by atoms with Crippen molar-refractivity contribution >= 4 is 5.97 Å². The van der Waals surface area contributed by atoms with Crippen molar-refractivity contribution in [3.63, 3.8) is 0 Å². The van der Waals surface area contributed by atoms with Crippen LogP contribution in [0.3, 0.4) is 0 Å². The number of alkyl halides is 3. The number of carbonyl (C=O) groups is 1. The Balaban J connectivity index is 2.09. The summed E-state index contributed by atoms with van der Waals surface area (Å²) in [5.41, 5.74) is 0.109. The Hall–Kier alpha value is -3.36. The summed E-state index contributed by atoms with van der Waals surface area (Å²) in [5, 5.41) is 13.2. The van der Waals surface area contributed by atoms with Crippen molar-refractivity contribution in [2.75, 3.05) is 7.11 Å². The van der Waals surface area contributed by atoms with Crippen molar-refractivity contribution in [1.29, 1.82) is 0 Å². The third-order valence-corrected chi connectivity index (χ3v) is 3.61. The van der Waals surface area contributed by atoms with Gasteiger partial charge in [0.05, 0.1) is 30.3 Å². The second-order valence-electron chi connectivity index (χ2n) is 5.27. The molecule has 134 valence electrons. The van der Waals surface area contributed by atoms with E-state index in [0.29, 0.717) is 22.8 Å². The molecular formula is C17H12F3N3O3. The molecule has 0 unspecified atom stereocenters. The highest BCUT2D eigenvalue weighted by atomic mass is 19.4. The van der Waals surface area contributed by atoms with Gasteiger partial charge in [-0.2, -0.15) is 18.3 Å². The zero-order valence-electron chi connectivity index (χ0n) is 13.4. The molecule has 2 aromatic heterocycles. The molecule has 0 saturated carbocycles. The first-order chi connectivity index (χ1) is 12.3. The van der Waals surface area contributed by atoms with E-state index >= 15 is 0 Å². The Morgan fingerprint density at radius 3 is 2.35 bits per heavy atom. The van der Waals surface area contributed by atoms with Crippen molar-refractivity contribution in [3.05, 3.63) is 59.9 Å². The number of rotatable bonds is 4. The number of halogens is 3. The van der Waals surface area contributed by atoms with E-state index in [1.54, 1.807) is 12.1 Å². The van der Waals surface area contributed by atoms with Crippen molar-refractivity contribution in [2.45, 2.75) is 6.18 Å². The third-order valence-electron chi connectivity index (χ3n) is 3.61. The lowest BCUT2D eigenvalue weighted by Crippen LogP contribution is -2.05. The zero-order valence-corrected chi connectivity index (χ0v) is 13.4. The van der Waals surface area contributed by atoms with Crippen molar-refractivity contribution < 1.29 is 27.8 Å². The number of hydrogen-bond acceptors (Lipinski definition) is 4. The van der Waals surface area contributed by atoms with Crippen LogP contribution >= 0.6 is 0 Å². The van der Waals surface area contributed by atoms with Crippen LogP contribution in [0.1, 0.15) is 16.1 Å². The second-order valence-corrected chi connectivity index (χ2v) is 5.27. The molecule has 0 spiro atoms. The van der Waals surface area contributed by atoms with Gasteiger partial charge in [0, 0.05) is 11.6 Å². The van der Waals surface area contributed by atoms with Crippen LogP contribution in [-0.4, -0.2) is 33.0 Å². The summed E-state index contributed by atoms with van der Waals surface area (Å²) in [7, 11) is 1.45. The lowest BCUT2D eigenvalue weighted by atomic mass is 10.1. The molecule has 0 saturated heterocycles. The van der Waals surface area contributed by atoms with Crippen molar-refractivity contribution in [2.24, 2.45) is 0 Å². The Morgan fingerprint density at radius 1 is 1.15 bits per heavy atom. The highest BCUT2D eigenvalue weighted by Crippen LogP contribution is 2.31. The topological polar surface area (TPSA) is 77.2 Å². The largest absolute Gasteiger partial charge is 0.481 e. The number of methoxy groups -OCH3 is 1. The van der Waals surface area contributed by atoms with E-state index in [1.807, 2.05) is 0 Å². The second kappa shape index (κ2) is 6.51. The van der Waals surface area contributed by atoms with Crippen LogP contribution in [0.2, 0.25) is 0 Å². The Morgan fingerprint density at radius 2 is 1.85 bits per heavy atom. The highest BCUT2D eigenvalue weighted by molar-refractivity contribution is 5.87. The van der Waals surface area contributed by atoms with Crippen molar-refractivity contribution in [3.8, 4) is 22.8 Å². The smallest absolute Gasteiger partial charge is 0.416 e. The summed E-state index contributed by atoms with van der Waals surface area (Å²) in [4.78, 5) is 15.3. The van der Waals surface area contributed by atoms with Crippen LogP contribution in [0.15, 0.2) is 48.7 Å². The van der Waals surface area contributed by atoms with Crippen LogP contribution < -0.4 is 4.74 Å². The molecule has 1 N–H and O–H groups in total. The maximum atomic E-state index is 12.7. The SMILES string of the molecule is COc1ccc(-n2nc(C(=O)O)cc2-c2ccc(C(F)(F)F)cc2)cn1. The summed E-state index contributed by atoms with van der Waals surface area (Å²) >= 11 is 0. The molecule has 9 heteroatoms. The molecule has 26 heavy (non-hydrogen) atoms. The summed E-state index contributed by atoms with van der Waals surface area (Å²) < 4.78 is 44.5. The molecule has 0 aliphatic heterocycles. The van der Waals surface area contributed by atoms with Gasteiger partial charge in [0.15, 0.2) is 5.69 Å². The summed E-state index contributed by atoms with van der Waals surface area (Å²) in [6.07, 6.45) is -3.03. The van der Waals surface area contributed by atoms with E-state index in [9.17, 15) is 23.1 Å². The molecule has 2 heterocycles. The number of nitrogens with zero attached hydrogens (tertiary/aromatic N) is 3. The van der Waals surface area contributed by atoms with Gasteiger partial charge in [0.2, 0.25) is 5.88 Å². The van der Waals surface area contributed by atoms with Gasteiger partial charge in [-0.25, -0.2) is 14.5 Å². The Labute approximate surface area is 145 Å². The Kier molecular flexibility index (Phi) is 4.37. The molecule has 0 aliphatic rings. The third kappa shape index (κ3) is 3.37. The standard InChI is InChI=1S/C17H12F3N3O3/c1-26-15-7-6-12(9-21-15)23-14(8-13(22-23)16(24)25)10-2-4-11(5-3-10)17(18,19)20/h2-9H,1H3,(H,24,25). The minimum atomic E-state index is -4.45. The normalized spacial score (nSPS) is 11.4. The predicted octanol–water partition coefficient (Wildman–Crippen LogP) is 3.66. The quantitative estimate of drug-likeness (QED) is 0.765. The van der Waals surface area contributed by atoms with Gasteiger partial charge in [-0.3, -0.25) is 0 Å². The average Bonchev–Trinajstić information content (AvgIpc) is 3.07. The number of pyridine rings is 1. The van der Waals surface area contributed by atoms with Crippen LogP contribution in [0.25, 0.3) is 16.9 Å². The molecule has 1 aromatic carbocycles. The molecule has 3 rings (SSSR count). The number of carboxylic acids is 1. The molecule has 0 fully saturated rings. The molecule has 0 radical (unpaired) electrons. The fourth-order valence-electron chi connectivity index (χ4n) is 2.34. The van der Waals surface area contributed by atoms with E-state index < -0.39 is 17.7 Å². The van der Waals surface area contributed by atoms with E-state index in [4.69, 9.17) is 4.74 Å². The Bertz CT molecular complexity index is 933. The van der Waals surface area contributed by atoms with Gasteiger partial charge in [0.25, 0.3) is 0 Å².